The molecule has 0 fully saturated rings. The van der Waals surface area contributed by atoms with Crippen LogP contribution in [0.5, 0.6) is 0 Å². The predicted molar refractivity (Wildman–Crippen MR) is 59.1 cm³/mol. The van der Waals surface area contributed by atoms with E-state index in [1.54, 1.807) is 6.07 Å². The van der Waals surface area contributed by atoms with Gasteiger partial charge < -0.3 is 5.11 Å². The molecule has 1 rings (SSSR count). The first-order valence-corrected chi connectivity index (χ1v) is 5.56. The molecule has 0 aliphatic rings. The number of hydrogen-bond acceptors (Lipinski definition) is 3. The molecule has 3 nitrogen and oxygen atoms in total. The molecule has 0 aliphatic carbocycles. The van der Waals surface area contributed by atoms with Crippen LogP contribution in [-0.2, 0) is 11.2 Å². The van der Waals surface area contributed by atoms with Gasteiger partial charge in [-0.15, -0.1) is 0 Å². The van der Waals surface area contributed by atoms with E-state index in [4.69, 9.17) is 10.4 Å². The number of carboxylic acids is 1. The van der Waals surface area contributed by atoms with Crippen LogP contribution in [0.1, 0.15) is 16.7 Å². The summed E-state index contributed by atoms with van der Waals surface area (Å²) in [5.74, 6) is -1.13. The van der Waals surface area contributed by atoms with Crippen molar-refractivity contribution in [3.05, 3.63) is 28.8 Å². The number of thioether (sulfide) groups is 1. The second-order valence-electron chi connectivity index (χ2n) is 3.46. The smallest absolute Gasteiger partial charge is 0.446 e. The van der Waals surface area contributed by atoms with Gasteiger partial charge in [-0.25, -0.2) is 0 Å². The summed E-state index contributed by atoms with van der Waals surface area (Å²) in [6, 6.07) is 4.24. The number of alkyl halides is 3. The summed E-state index contributed by atoms with van der Waals surface area (Å²) in [7, 11) is 0. The van der Waals surface area contributed by atoms with Crippen molar-refractivity contribution in [1.82, 2.24) is 0 Å². The molecule has 0 atom stereocenters. The Bertz CT molecular complexity index is 520. The van der Waals surface area contributed by atoms with E-state index in [9.17, 15) is 18.0 Å². The third-order valence-electron chi connectivity index (χ3n) is 2.20. The fourth-order valence-electron chi connectivity index (χ4n) is 1.42. The lowest BCUT2D eigenvalue weighted by molar-refractivity contribution is -0.136. The molecule has 0 heterocycles. The summed E-state index contributed by atoms with van der Waals surface area (Å²) in [5, 5.41) is 17.4. The van der Waals surface area contributed by atoms with Crippen LogP contribution < -0.4 is 0 Å². The number of carboxylic acid groups (broad SMARTS) is 1. The van der Waals surface area contributed by atoms with Crippen molar-refractivity contribution in [2.45, 2.75) is 23.7 Å². The summed E-state index contributed by atoms with van der Waals surface area (Å²) >= 11 is -0.396. The Kier molecular flexibility index (Phi) is 4.24. The van der Waals surface area contributed by atoms with Crippen molar-refractivity contribution in [3.63, 3.8) is 0 Å². The highest BCUT2D eigenvalue weighted by Gasteiger charge is 2.32. The van der Waals surface area contributed by atoms with Crippen molar-refractivity contribution in [2.75, 3.05) is 0 Å². The van der Waals surface area contributed by atoms with Crippen LogP contribution in [0.3, 0.4) is 0 Å². The first kappa shape index (κ1) is 14.4. The lowest BCUT2D eigenvalue weighted by atomic mass is 10.0. The van der Waals surface area contributed by atoms with Crippen molar-refractivity contribution in [3.8, 4) is 6.07 Å². The van der Waals surface area contributed by atoms with E-state index in [1.165, 1.54) is 19.1 Å². The van der Waals surface area contributed by atoms with Crippen LogP contribution in [0.15, 0.2) is 17.0 Å². The molecule has 0 aromatic heterocycles. The zero-order valence-corrected chi connectivity index (χ0v) is 10.0. The van der Waals surface area contributed by atoms with Crippen molar-refractivity contribution >= 4 is 17.7 Å². The Morgan fingerprint density at radius 1 is 1.50 bits per heavy atom. The van der Waals surface area contributed by atoms with Gasteiger partial charge >= 0.3 is 11.5 Å². The first-order chi connectivity index (χ1) is 8.24. The Morgan fingerprint density at radius 3 is 2.56 bits per heavy atom. The van der Waals surface area contributed by atoms with Gasteiger partial charge in [-0.1, -0.05) is 6.07 Å². The minimum absolute atomic E-state index is 0.107. The van der Waals surface area contributed by atoms with Crippen LogP contribution in [0.25, 0.3) is 0 Å². The average molecular weight is 275 g/mol. The second-order valence-corrected chi connectivity index (χ2v) is 4.53. The van der Waals surface area contributed by atoms with Gasteiger partial charge in [0.2, 0.25) is 0 Å². The SMILES string of the molecule is Cc1c(CC(=O)O)ccc(C#N)c1SC(F)(F)F. The van der Waals surface area contributed by atoms with E-state index < -0.39 is 23.2 Å². The van der Waals surface area contributed by atoms with Crippen molar-refractivity contribution < 1.29 is 23.1 Å². The molecule has 0 unspecified atom stereocenters. The van der Waals surface area contributed by atoms with Crippen LogP contribution in [0, 0.1) is 18.3 Å². The summed E-state index contributed by atoms with van der Waals surface area (Å²) in [5.41, 5.74) is -4.17. The monoisotopic (exact) mass is 275 g/mol. The lowest BCUT2D eigenvalue weighted by Gasteiger charge is -2.13. The molecule has 0 saturated carbocycles. The van der Waals surface area contributed by atoms with Crippen molar-refractivity contribution in [1.29, 1.82) is 5.26 Å². The highest BCUT2D eigenvalue weighted by atomic mass is 32.2. The largest absolute Gasteiger partial charge is 0.481 e. The van der Waals surface area contributed by atoms with Crippen molar-refractivity contribution in [2.24, 2.45) is 0 Å². The zero-order valence-electron chi connectivity index (χ0n) is 9.21. The number of nitriles is 1. The van der Waals surface area contributed by atoms with Gasteiger partial charge in [0.1, 0.15) is 6.07 Å². The number of rotatable bonds is 3. The maximum Gasteiger partial charge on any atom is 0.446 e. The van der Waals surface area contributed by atoms with Gasteiger partial charge in [0, 0.05) is 4.90 Å². The molecule has 18 heavy (non-hydrogen) atoms. The molecule has 96 valence electrons. The number of halogens is 3. The summed E-state index contributed by atoms with van der Waals surface area (Å²) in [4.78, 5) is 10.3. The van der Waals surface area contributed by atoms with Gasteiger partial charge in [0.15, 0.2) is 0 Å². The molecule has 0 saturated heterocycles. The molecule has 0 radical (unpaired) electrons. The lowest BCUT2D eigenvalue weighted by Crippen LogP contribution is -2.06. The summed E-state index contributed by atoms with van der Waals surface area (Å²) in [6.45, 7) is 1.38. The summed E-state index contributed by atoms with van der Waals surface area (Å²) in [6.07, 6.45) is -0.372. The van der Waals surface area contributed by atoms with Gasteiger partial charge in [-0.05, 0) is 35.9 Å². The van der Waals surface area contributed by atoms with Crippen LogP contribution in [0.2, 0.25) is 0 Å². The minimum atomic E-state index is -4.52. The molecular formula is C11H8F3NO2S. The van der Waals surface area contributed by atoms with E-state index in [1.807, 2.05) is 0 Å². The van der Waals surface area contributed by atoms with E-state index in [0.717, 1.165) is 0 Å². The molecule has 0 amide bonds. The van der Waals surface area contributed by atoms with Crippen LogP contribution >= 0.6 is 11.8 Å². The Morgan fingerprint density at radius 2 is 2.11 bits per heavy atom. The molecule has 0 aliphatic heterocycles. The molecule has 0 bridgehead atoms. The number of aliphatic carboxylic acids is 1. The third kappa shape index (κ3) is 3.67. The fourth-order valence-corrected chi connectivity index (χ4v) is 2.16. The number of hydrogen-bond donors (Lipinski definition) is 1. The van der Waals surface area contributed by atoms with Gasteiger partial charge in [-0.2, -0.15) is 18.4 Å². The van der Waals surface area contributed by atoms with Crippen LogP contribution in [0.4, 0.5) is 13.2 Å². The van der Waals surface area contributed by atoms with Crippen LogP contribution in [-0.4, -0.2) is 16.6 Å². The first-order valence-electron chi connectivity index (χ1n) is 4.74. The predicted octanol–water partition coefficient (Wildman–Crippen LogP) is 3.11. The molecule has 1 aromatic carbocycles. The van der Waals surface area contributed by atoms with Gasteiger partial charge in [0.05, 0.1) is 12.0 Å². The average Bonchev–Trinajstić information content (AvgIpc) is 2.22. The van der Waals surface area contributed by atoms with E-state index in [2.05, 4.69) is 0 Å². The van der Waals surface area contributed by atoms with Gasteiger partial charge in [-0.3, -0.25) is 4.79 Å². The Hall–Kier alpha value is -1.68. The minimum Gasteiger partial charge on any atom is -0.481 e. The molecule has 1 aromatic rings. The standard InChI is InChI=1S/C11H8F3NO2S/c1-6-7(4-9(16)17)2-3-8(5-15)10(6)18-11(12,13)14/h2-3H,4H2,1H3,(H,16,17). The maximum absolute atomic E-state index is 12.4. The number of carbonyl (C=O) groups is 1. The van der Waals surface area contributed by atoms with E-state index in [0.29, 0.717) is 0 Å². The quantitative estimate of drug-likeness (QED) is 0.861. The highest BCUT2D eigenvalue weighted by Crippen LogP contribution is 2.41. The topological polar surface area (TPSA) is 61.1 Å². The fraction of sp³-hybridized carbons (Fsp3) is 0.273. The Balaban J connectivity index is 3.28. The van der Waals surface area contributed by atoms with Gasteiger partial charge in [0.25, 0.3) is 0 Å². The molecular weight excluding hydrogens is 267 g/mol. The molecule has 0 spiro atoms. The van der Waals surface area contributed by atoms with E-state index in [-0.39, 0.29) is 28.0 Å². The number of benzene rings is 1. The second kappa shape index (κ2) is 5.31. The molecule has 1 N–H and O–H groups in total. The maximum atomic E-state index is 12.4. The van der Waals surface area contributed by atoms with E-state index >= 15 is 0 Å². The number of nitrogens with zero attached hydrogens (tertiary/aromatic N) is 1. The normalized spacial score (nSPS) is 11.1. The highest BCUT2D eigenvalue weighted by molar-refractivity contribution is 8.00. The molecule has 7 heteroatoms. The summed E-state index contributed by atoms with van der Waals surface area (Å²) < 4.78 is 37.1. The third-order valence-corrected chi connectivity index (χ3v) is 3.16. The zero-order chi connectivity index (χ0) is 13.9. The Labute approximate surface area is 105 Å².